The second kappa shape index (κ2) is 5.71. The van der Waals surface area contributed by atoms with E-state index in [2.05, 4.69) is 9.97 Å². The standard InChI is InChI=1S/C15H18N2O2S/c1-5-19-14(18)10-6-7-11(12-8-16-9-20-12)17-13(10)15(2,3)4/h6-9H,5H2,1-4H3. The van der Waals surface area contributed by atoms with Gasteiger partial charge in [0.2, 0.25) is 0 Å². The lowest BCUT2D eigenvalue weighted by Gasteiger charge is -2.21. The summed E-state index contributed by atoms with van der Waals surface area (Å²) >= 11 is 1.53. The van der Waals surface area contributed by atoms with Crippen molar-refractivity contribution >= 4 is 17.3 Å². The highest BCUT2D eigenvalue weighted by Crippen LogP contribution is 2.29. The van der Waals surface area contributed by atoms with Gasteiger partial charge in [-0.05, 0) is 19.1 Å². The van der Waals surface area contributed by atoms with Gasteiger partial charge in [0.05, 0.1) is 33.9 Å². The summed E-state index contributed by atoms with van der Waals surface area (Å²) in [6.45, 7) is 8.27. The van der Waals surface area contributed by atoms with Crippen LogP contribution < -0.4 is 0 Å². The first-order valence-corrected chi connectivity index (χ1v) is 7.39. The van der Waals surface area contributed by atoms with Crippen molar-refractivity contribution in [1.29, 1.82) is 0 Å². The van der Waals surface area contributed by atoms with Gasteiger partial charge in [-0.25, -0.2) is 4.79 Å². The highest BCUT2D eigenvalue weighted by Gasteiger charge is 2.25. The Morgan fingerprint density at radius 1 is 1.35 bits per heavy atom. The molecule has 0 amide bonds. The van der Waals surface area contributed by atoms with Gasteiger partial charge in [0.15, 0.2) is 0 Å². The normalized spacial score (nSPS) is 11.4. The van der Waals surface area contributed by atoms with Gasteiger partial charge in [0, 0.05) is 11.6 Å². The second-order valence-corrected chi connectivity index (χ2v) is 6.32. The molecule has 0 spiro atoms. The lowest BCUT2D eigenvalue weighted by Crippen LogP contribution is -2.20. The molecule has 106 valence electrons. The second-order valence-electron chi connectivity index (χ2n) is 5.43. The molecule has 5 heteroatoms. The summed E-state index contributed by atoms with van der Waals surface area (Å²) in [4.78, 5) is 21.8. The van der Waals surface area contributed by atoms with Crippen LogP contribution >= 0.6 is 11.3 Å². The maximum absolute atomic E-state index is 12.0. The topological polar surface area (TPSA) is 52.1 Å². The predicted octanol–water partition coefficient (Wildman–Crippen LogP) is 3.68. The lowest BCUT2D eigenvalue weighted by molar-refractivity contribution is 0.0523. The van der Waals surface area contributed by atoms with Crippen molar-refractivity contribution in [2.75, 3.05) is 6.61 Å². The van der Waals surface area contributed by atoms with E-state index >= 15 is 0 Å². The zero-order chi connectivity index (χ0) is 14.8. The Kier molecular flexibility index (Phi) is 4.18. The molecule has 0 aliphatic carbocycles. The summed E-state index contributed by atoms with van der Waals surface area (Å²) in [7, 11) is 0. The van der Waals surface area contributed by atoms with Gasteiger partial charge in [-0.1, -0.05) is 20.8 Å². The first-order valence-electron chi connectivity index (χ1n) is 6.51. The molecule has 2 aromatic rings. The number of aromatic nitrogens is 2. The van der Waals surface area contributed by atoms with E-state index in [4.69, 9.17) is 4.74 Å². The van der Waals surface area contributed by atoms with Gasteiger partial charge in [-0.3, -0.25) is 9.97 Å². The first kappa shape index (κ1) is 14.7. The maximum atomic E-state index is 12.0. The molecule has 0 aliphatic heterocycles. The van der Waals surface area contributed by atoms with Gasteiger partial charge in [0.1, 0.15) is 0 Å². The van der Waals surface area contributed by atoms with Crippen molar-refractivity contribution in [3.05, 3.63) is 35.1 Å². The Balaban J connectivity index is 2.52. The quantitative estimate of drug-likeness (QED) is 0.809. The van der Waals surface area contributed by atoms with Crippen molar-refractivity contribution in [2.45, 2.75) is 33.1 Å². The van der Waals surface area contributed by atoms with Gasteiger partial charge < -0.3 is 4.74 Å². The summed E-state index contributed by atoms with van der Waals surface area (Å²) < 4.78 is 5.11. The molecule has 4 nitrogen and oxygen atoms in total. The summed E-state index contributed by atoms with van der Waals surface area (Å²) in [6.07, 6.45) is 1.78. The molecule has 0 unspecified atom stereocenters. The molecular formula is C15H18N2O2S. The van der Waals surface area contributed by atoms with Crippen LogP contribution in [-0.2, 0) is 10.2 Å². The van der Waals surface area contributed by atoms with Crippen LogP contribution in [0.25, 0.3) is 10.6 Å². The van der Waals surface area contributed by atoms with E-state index in [1.54, 1.807) is 24.7 Å². The predicted molar refractivity (Wildman–Crippen MR) is 80.0 cm³/mol. The molecule has 0 aliphatic rings. The number of hydrogen-bond donors (Lipinski definition) is 0. The Labute approximate surface area is 122 Å². The van der Waals surface area contributed by atoms with E-state index in [0.717, 1.165) is 16.3 Å². The number of rotatable bonds is 3. The Morgan fingerprint density at radius 3 is 2.65 bits per heavy atom. The van der Waals surface area contributed by atoms with Crippen LogP contribution in [0.15, 0.2) is 23.8 Å². The van der Waals surface area contributed by atoms with Crippen LogP contribution in [0.4, 0.5) is 0 Å². The minimum absolute atomic E-state index is 0.233. The molecule has 2 aromatic heterocycles. The first-order chi connectivity index (χ1) is 9.43. The number of nitrogens with zero attached hydrogens (tertiary/aromatic N) is 2. The summed E-state index contributed by atoms with van der Waals surface area (Å²) in [5.41, 5.74) is 3.66. The highest BCUT2D eigenvalue weighted by atomic mass is 32.1. The number of hydrogen-bond acceptors (Lipinski definition) is 5. The van der Waals surface area contributed by atoms with Gasteiger partial charge in [-0.2, -0.15) is 0 Å². The highest BCUT2D eigenvalue weighted by molar-refractivity contribution is 7.13. The van der Waals surface area contributed by atoms with Gasteiger partial charge in [-0.15, -0.1) is 11.3 Å². The van der Waals surface area contributed by atoms with Crippen LogP contribution in [0.5, 0.6) is 0 Å². The smallest absolute Gasteiger partial charge is 0.340 e. The minimum atomic E-state index is -0.319. The van der Waals surface area contributed by atoms with Crippen molar-refractivity contribution in [3.63, 3.8) is 0 Å². The Bertz CT molecular complexity index is 601. The van der Waals surface area contributed by atoms with E-state index in [0.29, 0.717) is 12.2 Å². The molecule has 0 saturated carbocycles. The van der Waals surface area contributed by atoms with E-state index < -0.39 is 0 Å². The van der Waals surface area contributed by atoms with E-state index in [1.807, 2.05) is 26.8 Å². The minimum Gasteiger partial charge on any atom is -0.462 e. The van der Waals surface area contributed by atoms with Gasteiger partial charge >= 0.3 is 5.97 Å². The zero-order valence-electron chi connectivity index (χ0n) is 12.1. The fourth-order valence-corrected chi connectivity index (χ4v) is 2.48. The fourth-order valence-electron chi connectivity index (χ4n) is 1.88. The van der Waals surface area contributed by atoms with Gasteiger partial charge in [0.25, 0.3) is 0 Å². The number of pyridine rings is 1. The molecule has 0 saturated heterocycles. The monoisotopic (exact) mass is 290 g/mol. The molecule has 0 radical (unpaired) electrons. The molecule has 2 heterocycles. The molecule has 0 N–H and O–H groups in total. The van der Waals surface area contributed by atoms with E-state index in [9.17, 15) is 4.79 Å². The number of carbonyl (C=O) groups is 1. The Morgan fingerprint density at radius 2 is 2.10 bits per heavy atom. The number of ether oxygens (including phenoxy) is 1. The van der Waals surface area contributed by atoms with Crippen molar-refractivity contribution in [1.82, 2.24) is 9.97 Å². The van der Waals surface area contributed by atoms with Crippen LogP contribution in [0.3, 0.4) is 0 Å². The third kappa shape index (κ3) is 3.04. The van der Waals surface area contributed by atoms with Crippen molar-refractivity contribution < 1.29 is 9.53 Å². The summed E-state index contributed by atoms with van der Waals surface area (Å²) in [6, 6.07) is 3.63. The number of esters is 1. The van der Waals surface area contributed by atoms with E-state index in [-0.39, 0.29) is 11.4 Å². The zero-order valence-corrected chi connectivity index (χ0v) is 13.0. The average Bonchev–Trinajstić information content (AvgIpc) is 2.91. The molecule has 0 fully saturated rings. The Hall–Kier alpha value is -1.75. The molecule has 0 atom stereocenters. The third-order valence-corrected chi connectivity index (χ3v) is 3.58. The van der Waals surface area contributed by atoms with Crippen molar-refractivity contribution in [3.8, 4) is 10.6 Å². The fraction of sp³-hybridized carbons (Fsp3) is 0.400. The third-order valence-electron chi connectivity index (χ3n) is 2.79. The van der Waals surface area contributed by atoms with E-state index in [1.165, 1.54) is 11.3 Å². The molecule has 20 heavy (non-hydrogen) atoms. The number of carbonyl (C=O) groups excluding carboxylic acids is 1. The molecule has 0 aromatic carbocycles. The van der Waals surface area contributed by atoms with Crippen LogP contribution in [0.1, 0.15) is 43.7 Å². The van der Waals surface area contributed by atoms with Crippen LogP contribution in [-0.4, -0.2) is 22.5 Å². The largest absolute Gasteiger partial charge is 0.462 e. The van der Waals surface area contributed by atoms with Crippen molar-refractivity contribution in [2.24, 2.45) is 0 Å². The molecular weight excluding hydrogens is 272 g/mol. The number of thiazole rings is 1. The average molecular weight is 290 g/mol. The van der Waals surface area contributed by atoms with Crippen LogP contribution in [0.2, 0.25) is 0 Å². The molecule has 2 rings (SSSR count). The van der Waals surface area contributed by atoms with Crippen LogP contribution in [0, 0.1) is 0 Å². The summed E-state index contributed by atoms with van der Waals surface area (Å²) in [5, 5.41) is 0. The molecule has 0 bridgehead atoms. The maximum Gasteiger partial charge on any atom is 0.340 e. The lowest BCUT2D eigenvalue weighted by atomic mass is 9.88. The SMILES string of the molecule is CCOC(=O)c1ccc(-c2cncs2)nc1C(C)(C)C. The summed E-state index contributed by atoms with van der Waals surface area (Å²) in [5.74, 6) is -0.319.